The van der Waals surface area contributed by atoms with Crippen molar-refractivity contribution in [3.05, 3.63) is 11.6 Å². The number of fused-ring (bicyclic) bond motifs is 1. The molecule has 6 nitrogen and oxygen atoms in total. The molecule has 0 aliphatic carbocycles. The van der Waals surface area contributed by atoms with Crippen molar-refractivity contribution in [2.24, 2.45) is 5.92 Å². The highest BCUT2D eigenvalue weighted by Crippen LogP contribution is 2.26. The lowest BCUT2D eigenvalue weighted by Gasteiger charge is -2.23. The standard InChI is InChI=1S/C13H20N4O2/c1-9-10(13(18)19)5-7-16(9)8-12-15-14-11-4-2-3-6-17(11)12/h9-10H,2-8H2,1H3,(H,18,19). The highest BCUT2D eigenvalue weighted by atomic mass is 16.4. The van der Waals surface area contributed by atoms with Gasteiger partial charge < -0.3 is 9.67 Å². The minimum Gasteiger partial charge on any atom is -0.481 e. The van der Waals surface area contributed by atoms with E-state index in [2.05, 4.69) is 19.7 Å². The predicted molar refractivity (Wildman–Crippen MR) is 68.6 cm³/mol. The van der Waals surface area contributed by atoms with E-state index < -0.39 is 5.97 Å². The van der Waals surface area contributed by atoms with Gasteiger partial charge in [0.15, 0.2) is 0 Å². The fraction of sp³-hybridized carbons (Fsp3) is 0.769. The average Bonchev–Trinajstić information content (AvgIpc) is 2.96. The molecular formula is C13H20N4O2. The minimum absolute atomic E-state index is 0.0778. The molecule has 1 fully saturated rings. The van der Waals surface area contributed by atoms with Crippen molar-refractivity contribution >= 4 is 5.97 Å². The maximum absolute atomic E-state index is 11.1. The van der Waals surface area contributed by atoms with Crippen molar-refractivity contribution in [2.45, 2.75) is 51.7 Å². The molecule has 0 amide bonds. The van der Waals surface area contributed by atoms with Crippen LogP contribution in [0.1, 0.15) is 37.8 Å². The molecule has 1 N–H and O–H groups in total. The summed E-state index contributed by atoms with van der Waals surface area (Å²) < 4.78 is 2.21. The van der Waals surface area contributed by atoms with E-state index >= 15 is 0 Å². The lowest BCUT2D eigenvalue weighted by atomic mass is 10.0. The second kappa shape index (κ2) is 4.92. The number of aromatic nitrogens is 3. The monoisotopic (exact) mass is 264 g/mol. The fourth-order valence-corrected chi connectivity index (χ4v) is 3.22. The Balaban J connectivity index is 1.72. The second-order valence-electron chi connectivity index (χ2n) is 5.59. The Morgan fingerprint density at radius 2 is 2.21 bits per heavy atom. The second-order valence-corrected chi connectivity index (χ2v) is 5.59. The first-order valence-corrected chi connectivity index (χ1v) is 7.04. The van der Waals surface area contributed by atoms with E-state index in [0.29, 0.717) is 0 Å². The van der Waals surface area contributed by atoms with Gasteiger partial charge in [0.2, 0.25) is 0 Å². The van der Waals surface area contributed by atoms with E-state index in [1.54, 1.807) is 0 Å². The van der Waals surface area contributed by atoms with Gasteiger partial charge in [0.25, 0.3) is 0 Å². The van der Waals surface area contributed by atoms with E-state index in [1.165, 1.54) is 12.8 Å². The van der Waals surface area contributed by atoms with Crippen LogP contribution in [0.4, 0.5) is 0 Å². The molecule has 1 saturated heterocycles. The normalized spacial score (nSPS) is 27.4. The third kappa shape index (κ3) is 2.25. The molecule has 0 radical (unpaired) electrons. The molecule has 0 bridgehead atoms. The third-order valence-corrected chi connectivity index (χ3v) is 4.48. The van der Waals surface area contributed by atoms with Crippen LogP contribution in [0.3, 0.4) is 0 Å². The summed E-state index contributed by atoms with van der Waals surface area (Å²) in [5.41, 5.74) is 0. The van der Waals surface area contributed by atoms with Crippen LogP contribution in [0.15, 0.2) is 0 Å². The van der Waals surface area contributed by atoms with Gasteiger partial charge in [-0.3, -0.25) is 9.69 Å². The molecular weight excluding hydrogens is 244 g/mol. The Hall–Kier alpha value is -1.43. The molecule has 0 spiro atoms. The zero-order chi connectivity index (χ0) is 13.4. The Morgan fingerprint density at radius 1 is 1.37 bits per heavy atom. The van der Waals surface area contributed by atoms with Crippen LogP contribution in [0.25, 0.3) is 0 Å². The van der Waals surface area contributed by atoms with E-state index in [4.69, 9.17) is 5.11 Å². The summed E-state index contributed by atoms with van der Waals surface area (Å²) >= 11 is 0. The van der Waals surface area contributed by atoms with Crippen molar-refractivity contribution in [3.63, 3.8) is 0 Å². The summed E-state index contributed by atoms with van der Waals surface area (Å²) in [7, 11) is 0. The summed E-state index contributed by atoms with van der Waals surface area (Å²) in [6.45, 7) is 4.56. The topological polar surface area (TPSA) is 71.2 Å². The molecule has 0 aromatic carbocycles. The van der Waals surface area contributed by atoms with Gasteiger partial charge in [-0.15, -0.1) is 10.2 Å². The van der Waals surface area contributed by atoms with Gasteiger partial charge in [-0.2, -0.15) is 0 Å². The number of carbonyl (C=O) groups is 1. The number of aliphatic carboxylic acids is 1. The molecule has 3 rings (SSSR count). The number of likely N-dealkylation sites (tertiary alicyclic amines) is 1. The number of hydrogen-bond donors (Lipinski definition) is 1. The lowest BCUT2D eigenvalue weighted by Crippen LogP contribution is -2.33. The van der Waals surface area contributed by atoms with Crippen molar-refractivity contribution in [1.29, 1.82) is 0 Å². The lowest BCUT2D eigenvalue weighted by molar-refractivity contribution is -0.142. The van der Waals surface area contributed by atoms with Gasteiger partial charge in [-0.1, -0.05) is 0 Å². The summed E-state index contributed by atoms with van der Waals surface area (Å²) in [5, 5.41) is 17.7. The maximum Gasteiger partial charge on any atom is 0.308 e. The first kappa shape index (κ1) is 12.6. The summed E-state index contributed by atoms with van der Waals surface area (Å²) in [6, 6.07) is 0.0778. The highest BCUT2D eigenvalue weighted by Gasteiger charge is 2.36. The van der Waals surface area contributed by atoms with Gasteiger partial charge in [0.1, 0.15) is 11.6 Å². The molecule has 3 heterocycles. The first-order chi connectivity index (χ1) is 9.16. The van der Waals surface area contributed by atoms with Crippen LogP contribution < -0.4 is 0 Å². The minimum atomic E-state index is -0.682. The Morgan fingerprint density at radius 3 is 2.95 bits per heavy atom. The van der Waals surface area contributed by atoms with Crippen LogP contribution in [0.5, 0.6) is 0 Å². The Kier molecular flexibility index (Phi) is 3.26. The number of aryl methyl sites for hydroxylation is 1. The van der Waals surface area contributed by atoms with Gasteiger partial charge in [-0.25, -0.2) is 0 Å². The molecule has 2 atom stereocenters. The maximum atomic E-state index is 11.1. The van der Waals surface area contributed by atoms with Crippen molar-refractivity contribution in [2.75, 3.05) is 6.54 Å². The number of carboxylic acid groups (broad SMARTS) is 1. The van der Waals surface area contributed by atoms with E-state index in [9.17, 15) is 4.79 Å². The fourth-order valence-electron chi connectivity index (χ4n) is 3.22. The zero-order valence-electron chi connectivity index (χ0n) is 11.2. The predicted octanol–water partition coefficient (Wildman–Crippen LogP) is 0.909. The molecule has 2 unspecified atom stereocenters. The summed E-state index contributed by atoms with van der Waals surface area (Å²) in [4.78, 5) is 13.3. The highest BCUT2D eigenvalue weighted by molar-refractivity contribution is 5.71. The van der Waals surface area contributed by atoms with Gasteiger partial charge >= 0.3 is 5.97 Å². The van der Waals surface area contributed by atoms with Gasteiger partial charge in [-0.05, 0) is 32.7 Å². The van der Waals surface area contributed by atoms with E-state index in [-0.39, 0.29) is 12.0 Å². The smallest absolute Gasteiger partial charge is 0.308 e. The van der Waals surface area contributed by atoms with E-state index in [1.807, 2.05) is 6.92 Å². The van der Waals surface area contributed by atoms with Crippen LogP contribution in [0.2, 0.25) is 0 Å². The van der Waals surface area contributed by atoms with Gasteiger partial charge in [0, 0.05) is 19.0 Å². The van der Waals surface area contributed by atoms with Crippen LogP contribution in [-0.4, -0.2) is 43.3 Å². The first-order valence-electron chi connectivity index (χ1n) is 7.04. The molecule has 1 aromatic heterocycles. The largest absolute Gasteiger partial charge is 0.481 e. The molecule has 6 heteroatoms. The molecule has 19 heavy (non-hydrogen) atoms. The van der Waals surface area contributed by atoms with Crippen LogP contribution in [-0.2, 0) is 24.3 Å². The molecule has 1 aromatic rings. The quantitative estimate of drug-likeness (QED) is 0.878. The number of rotatable bonds is 3. The average molecular weight is 264 g/mol. The number of nitrogens with zero attached hydrogens (tertiary/aromatic N) is 4. The zero-order valence-corrected chi connectivity index (χ0v) is 11.2. The molecule has 2 aliphatic rings. The molecule has 104 valence electrons. The SMILES string of the molecule is CC1C(C(=O)O)CCN1Cc1nnc2n1CCCC2. The Labute approximate surface area is 112 Å². The van der Waals surface area contributed by atoms with Gasteiger partial charge in [0.05, 0.1) is 12.5 Å². The van der Waals surface area contributed by atoms with Crippen LogP contribution in [0, 0.1) is 5.92 Å². The van der Waals surface area contributed by atoms with Crippen LogP contribution >= 0.6 is 0 Å². The van der Waals surface area contributed by atoms with Crippen molar-refractivity contribution in [3.8, 4) is 0 Å². The summed E-state index contributed by atoms with van der Waals surface area (Å²) in [6.07, 6.45) is 4.13. The number of hydrogen-bond acceptors (Lipinski definition) is 4. The van der Waals surface area contributed by atoms with Crippen molar-refractivity contribution in [1.82, 2.24) is 19.7 Å². The Bertz CT molecular complexity index is 485. The molecule has 0 saturated carbocycles. The third-order valence-electron chi connectivity index (χ3n) is 4.48. The van der Waals surface area contributed by atoms with E-state index in [0.717, 1.165) is 44.1 Å². The number of carboxylic acids is 1. The summed E-state index contributed by atoms with van der Waals surface area (Å²) in [5.74, 6) is 1.15. The van der Waals surface area contributed by atoms with Crippen molar-refractivity contribution < 1.29 is 9.90 Å². The molecule has 2 aliphatic heterocycles.